The number of aromatic nitrogens is 2. The van der Waals surface area contributed by atoms with E-state index < -0.39 is 6.04 Å². The van der Waals surface area contributed by atoms with Crippen molar-refractivity contribution in [2.75, 3.05) is 25.6 Å². The van der Waals surface area contributed by atoms with Crippen molar-refractivity contribution in [3.8, 4) is 5.69 Å². The second-order valence-electron chi connectivity index (χ2n) is 9.08. The maximum absolute atomic E-state index is 13.8. The molecule has 1 atom stereocenters. The van der Waals surface area contributed by atoms with Crippen LogP contribution >= 0.6 is 0 Å². The van der Waals surface area contributed by atoms with Crippen LogP contribution in [0.5, 0.6) is 0 Å². The minimum absolute atomic E-state index is 0.166. The van der Waals surface area contributed by atoms with E-state index in [-0.39, 0.29) is 11.6 Å². The van der Waals surface area contributed by atoms with Gasteiger partial charge >= 0.3 is 6.03 Å². The fraction of sp³-hybridized carbons (Fsp3) is 0.276. The van der Waals surface area contributed by atoms with Crippen LogP contribution in [0.1, 0.15) is 35.5 Å². The Kier molecular flexibility index (Phi) is 7.50. The Labute approximate surface area is 211 Å². The number of carbonyl (C=O) groups is 1. The number of hydrogen-bond donors (Lipinski definition) is 1. The third kappa shape index (κ3) is 5.16. The molecule has 0 aliphatic rings. The van der Waals surface area contributed by atoms with Gasteiger partial charge in [-0.3, -0.25) is 9.36 Å². The lowest BCUT2D eigenvalue weighted by atomic mass is 10.1. The van der Waals surface area contributed by atoms with Gasteiger partial charge in [-0.1, -0.05) is 42.0 Å². The van der Waals surface area contributed by atoms with Gasteiger partial charge in [0.15, 0.2) is 0 Å². The average molecular weight is 485 g/mol. The van der Waals surface area contributed by atoms with Crippen LogP contribution in [0, 0.1) is 20.8 Å². The van der Waals surface area contributed by atoms with E-state index in [2.05, 4.69) is 5.32 Å². The number of aryl methyl sites for hydroxylation is 3. The van der Waals surface area contributed by atoms with Crippen LogP contribution in [0.25, 0.3) is 16.6 Å². The molecule has 0 aliphatic heterocycles. The summed E-state index contributed by atoms with van der Waals surface area (Å²) < 4.78 is 6.95. The molecule has 0 radical (unpaired) electrons. The summed E-state index contributed by atoms with van der Waals surface area (Å²) in [5.74, 6) is 0.487. The van der Waals surface area contributed by atoms with Gasteiger partial charge in [0.05, 0.1) is 29.2 Å². The third-order valence-electron chi connectivity index (χ3n) is 6.30. The summed E-state index contributed by atoms with van der Waals surface area (Å²) in [5.41, 5.74) is 4.98. The molecule has 4 aromatic rings. The molecule has 1 heterocycles. The van der Waals surface area contributed by atoms with Crippen molar-refractivity contribution >= 4 is 22.6 Å². The molecule has 0 spiro atoms. The van der Waals surface area contributed by atoms with Gasteiger partial charge in [-0.2, -0.15) is 0 Å². The van der Waals surface area contributed by atoms with Crippen LogP contribution in [0.4, 0.5) is 10.5 Å². The molecular weight excluding hydrogens is 452 g/mol. The van der Waals surface area contributed by atoms with Crippen molar-refractivity contribution in [3.05, 3.63) is 99.6 Å². The Morgan fingerprint density at radius 1 is 1.03 bits per heavy atom. The van der Waals surface area contributed by atoms with Crippen molar-refractivity contribution < 1.29 is 9.53 Å². The zero-order valence-corrected chi connectivity index (χ0v) is 21.4. The van der Waals surface area contributed by atoms with Gasteiger partial charge in [0.1, 0.15) is 5.82 Å². The second-order valence-corrected chi connectivity index (χ2v) is 9.08. The SMILES string of the molecule is COCCN(C(=O)Nc1cccc(C)c1)C(C)c1nc2ccccc2c(=O)n1-c1ccc(C)cc1C. The van der Waals surface area contributed by atoms with Gasteiger partial charge < -0.3 is 15.0 Å². The summed E-state index contributed by atoms with van der Waals surface area (Å²) in [7, 11) is 1.60. The molecule has 2 amide bonds. The first kappa shape index (κ1) is 25.1. The molecule has 7 heteroatoms. The van der Waals surface area contributed by atoms with Crippen molar-refractivity contribution in [2.45, 2.75) is 33.7 Å². The summed E-state index contributed by atoms with van der Waals surface area (Å²) in [6.45, 7) is 8.53. The number of nitrogens with zero attached hydrogens (tertiary/aromatic N) is 3. The van der Waals surface area contributed by atoms with Crippen molar-refractivity contribution in [1.29, 1.82) is 0 Å². The molecule has 1 N–H and O–H groups in total. The number of nitrogens with one attached hydrogen (secondary N) is 1. The molecule has 186 valence electrons. The number of urea groups is 1. The van der Waals surface area contributed by atoms with Gasteiger partial charge in [0.25, 0.3) is 5.56 Å². The number of carbonyl (C=O) groups excluding carboxylic acids is 1. The van der Waals surface area contributed by atoms with E-state index in [0.29, 0.717) is 35.6 Å². The van der Waals surface area contributed by atoms with Crippen molar-refractivity contribution in [2.24, 2.45) is 0 Å². The lowest BCUT2D eigenvalue weighted by molar-refractivity contribution is 0.137. The fourth-order valence-corrected chi connectivity index (χ4v) is 4.44. The van der Waals surface area contributed by atoms with Crippen LogP contribution < -0.4 is 10.9 Å². The van der Waals surface area contributed by atoms with Crippen molar-refractivity contribution in [1.82, 2.24) is 14.5 Å². The third-order valence-corrected chi connectivity index (χ3v) is 6.30. The number of para-hydroxylation sites is 1. The molecule has 4 rings (SSSR count). The first-order valence-corrected chi connectivity index (χ1v) is 12.0. The van der Waals surface area contributed by atoms with Gasteiger partial charge in [-0.05, 0) is 69.2 Å². The Bertz CT molecular complexity index is 1460. The van der Waals surface area contributed by atoms with E-state index in [1.165, 1.54) is 0 Å². The van der Waals surface area contributed by atoms with Crippen LogP contribution in [-0.4, -0.2) is 40.7 Å². The lowest BCUT2D eigenvalue weighted by Gasteiger charge is -2.30. The number of ether oxygens (including phenoxy) is 1. The largest absolute Gasteiger partial charge is 0.383 e. The topological polar surface area (TPSA) is 76.5 Å². The smallest absolute Gasteiger partial charge is 0.322 e. The summed E-state index contributed by atoms with van der Waals surface area (Å²) in [6, 6.07) is 20.1. The number of benzene rings is 3. The number of fused-ring (bicyclic) bond motifs is 1. The second kappa shape index (κ2) is 10.7. The highest BCUT2D eigenvalue weighted by atomic mass is 16.5. The lowest BCUT2D eigenvalue weighted by Crippen LogP contribution is -2.41. The van der Waals surface area contributed by atoms with E-state index in [1.807, 2.05) is 88.4 Å². The molecule has 0 fully saturated rings. The average Bonchev–Trinajstić information content (AvgIpc) is 2.85. The van der Waals surface area contributed by atoms with Gasteiger partial charge in [-0.15, -0.1) is 0 Å². The minimum atomic E-state index is -0.525. The maximum atomic E-state index is 13.8. The number of methoxy groups -OCH3 is 1. The molecule has 3 aromatic carbocycles. The normalized spacial score (nSPS) is 11.9. The summed E-state index contributed by atoms with van der Waals surface area (Å²) in [4.78, 5) is 33.9. The Balaban J connectivity index is 1.85. The van der Waals surface area contributed by atoms with Gasteiger partial charge in [-0.25, -0.2) is 9.78 Å². The predicted octanol–water partition coefficient (Wildman–Crippen LogP) is 5.55. The Hall–Kier alpha value is -3.97. The fourth-order valence-electron chi connectivity index (χ4n) is 4.44. The Morgan fingerprint density at radius 3 is 2.50 bits per heavy atom. The molecular formula is C29H32N4O3. The molecule has 1 aromatic heterocycles. The van der Waals surface area contributed by atoms with Crippen LogP contribution in [-0.2, 0) is 4.74 Å². The molecule has 7 nitrogen and oxygen atoms in total. The first-order valence-electron chi connectivity index (χ1n) is 12.0. The van der Waals surface area contributed by atoms with Crippen molar-refractivity contribution in [3.63, 3.8) is 0 Å². The standard InChI is InChI=1S/C29H32N4O3/c1-19-9-8-10-23(18-19)30-29(35)32(15-16-36-5)22(4)27-31-25-12-7-6-11-24(25)28(34)33(27)26-14-13-20(2)17-21(26)3/h6-14,17-18,22H,15-16H2,1-5H3,(H,30,35). The summed E-state index contributed by atoms with van der Waals surface area (Å²) in [6.07, 6.45) is 0. The molecule has 0 bridgehead atoms. The minimum Gasteiger partial charge on any atom is -0.383 e. The Morgan fingerprint density at radius 2 is 1.78 bits per heavy atom. The highest BCUT2D eigenvalue weighted by Gasteiger charge is 2.27. The maximum Gasteiger partial charge on any atom is 0.322 e. The monoisotopic (exact) mass is 484 g/mol. The molecule has 1 unspecified atom stereocenters. The molecule has 0 saturated carbocycles. The highest BCUT2D eigenvalue weighted by Crippen LogP contribution is 2.25. The van der Waals surface area contributed by atoms with Gasteiger partial charge in [0.2, 0.25) is 0 Å². The van der Waals surface area contributed by atoms with Gasteiger partial charge in [0, 0.05) is 19.3 Å². The van der Waals surface area contributed by atoms with E-state index in [0.717, 1.165) is 22.4 Å². The van der Waals surface area contributed by atoms with E-state index in [1.54, 1.807) is 22.6 Å². The first-order chi connectivity index (χ1) is 17.3. The zero-order valence-electron chi connectivity index (χ0n) is 21.4. The summed E-state index contributed by atoms with van der Waals surface area (Å²) >= 11 is 0. The van der Waals surface area contributed by atoms with Crippen LogP contribution in [0.2, 0.25) is 0 Å². The quantitative estimate of drug-likeness (QED) is 0.373. The predicted molar refractivity (Wildman–Crippen MR) is 144 cm³/mol. The molecule has 0 aliphatic carbocycles. The number of amides is 2. The summed E-state index contributed by atoms with van der Waals surface area (Å²) in [5, 5.41) is 3.52. The van der Waals surface area contributed by atoms with E-state index in [9.17, 15) is 9.59 Å². The molecule has 36 heavy (non-hydrogen) atoms. The number of anilines is 1. The van der Waals surface area contributed by atoms with Crippen LogP contribution in [0.15, 0.2) is 71.5 Å². The highest BCUT2D eigenvalue weighted by molar-refractivity contribution is 5.89. The molecule has 0 saturated heterocycles. The van der Waals surface area contributed by atoms with E-state index in [4.69, 9.17) is 9.72 Å². The van der Waals surface area contributed by atoms with E-state index >= 15 is 0 Å². The number of hydrogen-bond acceptors (Lipinski definition) is 4. The number of rotatable bonds is 7. The van der Waals surface area contributed by atoms with Crippen LogP contribution in [0.3, 0.4) is 0 Å². The zero-order chi connectivity index (χ0) is 25.8.